The zero-order chi connectivity index (χ0) is 24.2. The molecule has 1 aromatic carbocycles. The Morgan fingerprint density at radius 3 is 2.67 bits per heavy atom. The number of anilines is 1. The molecule has 9 nitrogen and oxygen atoms in total. The molecule has 0 aromatic heterocycles. The van der Waals surface area contributed by atoms with Gasteiger partial charge in [-0.1, -0.05) is 24.6 Å². The highest BCUT2D eigenvalue weighted by molar-refractivity contribution is 8.01. The molecule has 1 N–H and O–H groups in total. The van der Waals surface area contributed by atoms with Crippen LogP contribution in [0.2, 0.25) is 0 Å². The maximum Gasteiger partial charge on any atom is 0.354 e. The van der Waals surface area contributed by atoms with Gasteiger partial charge in [0, 0.05) is 22.2 Å². The number of aryl methyl sites for hydroxylation is 1. The van der Waals surface area contributed by atoms with Gasteiger partial charge in [-0.3, -0.25) is 23.8 Å². The number of imidazole rings is 1. The molecular weight excluding hydrogens is 491 g/mol. The molecule has 33 heavy (non-hydrogen) atoms. The molecule has 0 spiro atoms. The Morgan fingerprint density at radius 1 is 1.24 bits per heavy atom. The maximum atomic E-state index is 12.9. The van der Waals surface area contributed by atoms with Gasteiger partial charge in [0.15, 0.2) is 5.82 Å². The third-order valence-electron chi connectivity index (χ3n) is 4.93. The molecular formula is C20H23FN4O5S3. The molecule has 13 heteroatoms. The number of aromatic nitrogens is 2. The van der Waals surface area contributed by atoms with Crippen molar-refractivity contribution in [1.82, 2.24) is 9.55 Å². The lowest BCUT2D eigenvalue weighted by Gasteiger charge is -2.16. The Kier molecular flexibility index (Phi) is 8.08. The van der Waals surface area contributed by atoms with Gasteiger partial charge in [0.25, 0.3) is 5.69 Å². The number of benzene rings is 1. The van der Waals surface area contributed by atoms with Crippen LogP contribution in [0.3, 0.4) is 0 Å². The second-order valence-electron chi connectivity index (χ2n) is 7.30. The second kappa shape index (κ2) is 10.6. The first-order chi connectivity index (χ1) is 15.6. The fourth-order valence-corrected chi connectivity index (χ4v) is 6.91. The zero-order valence-corrected chi connectivity index (χ0v) is 20.5. The summed E-state index contributed by atoms with van der Waals surface area (Å²) in [5.41, 5.74) is 0.118. The number of sulfonamides is 1. The van der Waals surface area contributed by atoms with Crippen molar-refractivity contribution in [2.24, 2.45) is 0 Å². The summed E-state index contributed by atoms with van der Waals surface area (Å²) in [5.74, 6) is -0.0717. The predicted molar refractivity (Wildman–Crippen MR) is 128 cm³/mol. The number of nitro groups is 1. The quantitative estimate of drug-likeness (QED) is 0.174. The fourth-order valence-electron chi connectivity index (χ4n) is 3.22. The highest BCUT2D eigenvalue weighted by Crippen LogP contribution is 2.38. The number of nitrogens with zero attached hydrogens (tertiary/aromatic N) is 3. The van der Waals surface area contributed by atoms with Crippen LogP contribution < -0.4 is 10.4 Å². The minimum atomic E-state index is -4.11. The molecule has 0 fully saturated rings. The Bertz CT molecular complexity index is 1290. The van der Waals surface area contributed by atoms with Crippen LogP contribution in [-0.4, -0.2) is 35.3 Å². The fraction of sp³-hybridized carbons (Fsp3) is 0.400. The van der Waals surface area contributed by atoms with Crippen LogP contribution >= 0.6 is 23.1 Å². The number of halogens is 1. The number of hydrogen-bond acceptors (Lipinski definition) is 8. The van der Waals surface area contributed by atoms with Gasteiger partial charge in [0.1, 0.15) is 11.4 Å². The van der Waals surface area contributed by atoms with Crippen molar-refractivity contribution in [2.45, 2.75) is 43.1 Å². The smallest absolute Gasteiger partial charge is 0.265 e. The van der Waals surface area contributed by atoms with E-state index in [-0.39, 0.29) is 23.7 Å². The minimum Gasteiger partial charge on any atom is -0.265 e. The van der Waals surface area contributed by atoms with E-state index < -0.39 is 26.4 Å². The van der Waals surface area contributed by atoms with Gasteiger partial charge in [-0.05, 0) is 32.4 Å². The first kappa shape index (κ1) is 25.1. The molecule has 3 rings (SSSR count). The van der Waals surface area contributed by atoms with E-state index in [2.05, 4.69) is 9.71 Å². The van der Waals surface area contributed by atoms with Crippen LogP contribution in [0.4, 0.5) is 15.9 Å². The van der Waals surface area contributed by atoms with Crippen LogP contribution in [0.5, 0.6) is 0 Å². The van der Waals surface area contributed by atoms with Gasteiger partial charge in [0.05, 0.1) is 15.8 Å². The molecule has 0 amide bonds. The molecule has 0 bridgehead atoms. The summed E-state index contributed by atoms with van der Waals surface area (Å²) in [6, 6.07) is 5.58. The standard InChI is InChI=1S/C20H23FN4O5S3/c1-13-14(2)32-19(31-11-7-3-6-10-21)17-18(22-20(26)24(13)17)23-33(29,30)12-15-8-4-5-9-16(15)25(27)28/h4-5,8-9H,3,6-7,10-12H2,1-2H3,(H,22,23,26). The van der Waals surface area contributed by atoms with Crippen molar-refractivity contribution in [3.63, 3.8) is 0 Å². The summed E-state index contributed by atoms with van der Waals surface area (Å²) in [5, 5.41) is 11.2. The van der Waals surface area contributed by atoms with E-state index in [0.29, 0.717) is 23.6 Å². The zero-order valence-electron chi connectivity index (χ0n) is 18.0. The van der Waals surface area contributed by atoms with Gasteiger partial charge in [0.2, 0.25) is 10.0 Å². The number of thioether (sulfide) groups is 1. The Hall–Kier alpha value is -2.51. The lowest BCUT2D eigenvalue weighted by molar-refractivity contribution is -0.385. The largest absolute Gasteiger partial charge is 0.354 e. The normalized spacial score (nSPS) is 11.7. The van der Waals surface area contributed by atoms with Crippen molar-refractivity contribution in [2.75, 3.05) is 17.1 Å². The summed E-state index contributed by atoms with van der Waals surface area (Å²) in [6.07, 6.45) is 1.99. The average molecular weight is 515 g/mol. The maximum absolute atomic E-state index is 12.9. The summed E-state index contributed by atoms with van der Waals surface area (Å²) in [6.45, 7) is 3.25. The molecule has 0 saturated carbocycles. The van der Waals surface area contributed by atoms with Crippen LogP contribution in [-0.2, 0) is 15.8 Å². The van der Waals surface area contributed by atoms with Crippen molar-refractivity contribution in [3.05, 3.63) is 61.0 Å². The number of hydrogen-bond donors (Lipinski definition) is 1. The number of alkyl halides is 1. The van der Waals surface area contributed by atoms with Crippen molar-refractivity contribution < 1.29 is 17.7 Å². The monoisotopic (exact) mass is 514 g/mol. The number of fused-ring (bicyclic) bond motifs is 1. The topological polar surface area (TPSA) is 124 Å². The second-order valence-corrected chi connectivity index (χ2v) is 11.6. The molecule has 0 unspecified atom stereocenters. The van der Waals surface area contributed by atoms with Crippen molar-refractivity contribution in [3.8, 4) is 5.69 Å². The molecule has 0 aliphatic carbocycles. The number of nitrogens with one attached hydrogen (secondary N) is 1. The van der Waals surface area contributed by atoms with Crippen LogP contribution in [0, 0.1) is 24.0 Å². The van der Waals surface area contributed by atoms with E-state index in [0.717, 1.165) is 21.9 Å². The third kappa shape index (κ3) is 5.89. The first-order valence-electron chi connectivity index (χ1n) is 10.1. The van der Waals surface area contributed by atoms with Gasteiger partial charge >= 0.3 is 5.69 Å². The van der Waals surface area contributed by atoms with Gasteiger partial charge < -0.3 is 0 Å². The van der Waals surface area contributed by atoms with Gasteiger partial charge in [-0.15, -0.1) is 23.1 Å². The van der Waals surface area contributed by atoms with E-state index in [1.54, 1.807) is 6.92 Å². The predicted octanol–water partition coefficient (Wildman–Crippen LogP) is 4.43. The Labute approximate surface area is 198 Å². The highest BCUT2D eigenvalue weighted by atomic mass is 32.2. The van der Waals surface area contributed by atoms with E-state index in [1.165, 1.54) is 51.9 Å². The highest BCUT2D eigenvalue weighted by Gasteiger charge is 2.27. The minimum absolute atomic E-state index is 0.0261. The lowest BCUT2D eigenvalue weighted by atomic mass is 10.2. The molecule has 2 heterocycles. The lowest BCUT2D eigenvalue weighted by Crippen LogP contribution is -2.17. The molecule has 0 saturated heterocycles. The number of nitro benzene ring substituents is 1. The third-order valence-corrected chi connectivity index (χ3v) is 8.66. The van der Waals surface area contributed by atoms with Crippen molar-refractivity contribution >= 4 is 44.6 Å². The van der Waals surface area contributed by atoms with Crippen molar-refractivity contribution in [1.29, 1.82) is 0 Å². The molecule has 2 aliphatic heterocycles. The number of rotatable bonds is 11. The molecule has 0 radical (unpaired) electrons. The average Bonchev–Trinajstić information content (AvgIpc) is 3.06. The van der Waals surface area contributed by atoms with Gasteiger partial charge in [-0.2, -0.15) is 4.98 Å². The Morgan fingerprint density at radius 2 is 1.97 bits per heavy atom. The number of unbranched alkanes of at least 4 members (excludes halogenated alkanes) is 2. The molecule has 0 atom stereocenters. The molecule has 2 aliphatic rings. The van der Waals surface area contributed by atoms with Crippen LogP contribution in [0.15, 0.2) is 33.3 Å². The number of para-hydroxylation sites is 1. The first-order valence-corrected chi connectivity index (χ1v) is 13.5. The van der Waals surface area contributed by atoms with E-state index in [9.17, 15) is 27.7 Å². The van der Waals surface area contributed by atoms with Crippen LogP contribution in [0.1, 0.15) is 35.4 Å². The summed E-state index contributed by atoms with van der Waals surface area (Å²) in [4.78, 5) is 28.0. The van der Waals surface area contributed by atoms with E-state index >= 15 is 0 Å². The summed E-state index contributed by atoms with van der Waals surface area (Å²) >= 11 is 2.89. The molecule has 1 aromatic rings. The molecule has 178 valence electrons. The summed E-state index contributed by atoms with van der Waals surface area (Å²) < 4.78 is 42.5. The van der Waals surface area contributed by atoms with E-state index in [4.69, 9.17) is 0 Å². The van der Waals surface area contributed by atoms with Crippen LogP contribution in [0.25, 0.3) is 5.69 Å². The van der Waals surface area contributed by atoms with E-state index in [1.807, 2.05) is 6.92 Å². The van der Waals surface area contributed by atoms with Gasteiger partial charge in [-0.25, -0.2) is 13.2 Å². The Balaban J connectivity index is 1.94. The summed E-state index contributed by atoms with van der Waals surface area (Å²) in [7, 11) is -4.11. The SMILES string of the molecule is Cc1sc(SCCCCCF)c2c(NS(=O)(=O)Cc3ccccc3[N+](=O)[O-])nc(=O)n-2c1C.